The molecular formula is C27H23NO6. The summed E-state index contributed by atoms with van der Waals surface area (Å²) in [5.74, 6) is -1.01. The van der Waals surface area contributed by atoms with E-state index in [2.05, 4.69) is 0 Å². The zero-order chi connectivity index (χ0) is 23.2. The average Bonchev–Trinajstić information content (AvgIpc) is 2.88. The number of carboxylic acids is 1. The van der Waals surface area contributed by atoms with Crippen LogP contribution in [0.4, 0.5) is 5.69 Å². The molecule has 6 rings (SSSR count). The summed E-state index contributed by atoms with van der Waals surface area (Å²) in [4.78, 5) is 28.2. The van der Waals surface area contributed by atoms with E-state index in [1.54, 1.807) is 41.3 Å². The van der Waals surface area contributed by atoms with Crippen molar-refractivity contribution in [3.8, 4) is 11.5 Å². The van der Waals surface area contributed by atoms with Crippen LogP contribution in [-0.2, 0) is 22.6 Å². The molecule has 7 heteroatoms. The summed E-state index contributed by atoms with van der Waals surface area (Å²) in [6.45, 7) is 2.02. The number of carbonyl (C=O) groups is 2. The Labute approximate surface area is 196 Å². The number of benzene rings is 3. The molecule has 3 heterocycles. The van der Waals surface area contributed by atoms with E-state index in [9.17, 15) is 14.7 Å². The van der Waals surface area contributed by atoms with Gasteiger partial charge in [-0.05, 0) is 59.0 Å². The second-order valence-corrected chi connectivity index (χ2v) is 8.68. The van der Waals surface area contributed by atoms with Crippen molar-refractivity contribution in [3.05, 3.63) is 88.5 Å². The van der Waals surface area contributed by atoms with Crippen molar-refractivity contribution >= 4 is 17.6 Å². The van der Waals surface area contributed by atoms with Crippen LogP contribution in [-0.4, -0.2) is 36.8 Å². The zero-order valence-corrected chi connectivity index (χ0v) is 18.4. The van der Waals surface area contributed by atoms with Gasteiger partial charge >= 0.3 is 5.97 Å². The lowest BCUT2D eigenvalue weighted by atomic mass is 9.79. The minimum Gasteiger partial charge on any atom is -0.486 e. The van der Waals surface area contributed by atoms with Crippen LogP contribution < -0.4 is 14.4 Å². The largest absolute Gasteiger partial charge is 0.486 e. The number of aliphatic carboxylic acids is 1. The molecule has 3 aromatic rings. The molecule has 0 unspecified atom stereocenters. The molecule has 0 saturated heterocycles. The Morgan fingerprint density at radius 1 is 0.912 bits per heavy atom. The standard InChI is InChI=1S/C27H23NO6/c29-26-21-4-2-1-3-20(21)24(27(30)31)25(17-6-8-22-23(14-17)34-12-11-33-22)28(26)19-7-5-16-9-10-32-15-18(16)13-19/h1-8,13-14,24-25H,9-12,15H2,(H,30,31)/t24-,25+/m1/s1. The highest BCUT2D eigenvalue weighted by molar-refractivity contribution is 6.11. The Hall–Kier alpha value is -3.84. The molecule has 0 bridgehead atoms. The van der Waals surface area contributed by atoms with E-state index in [-0.39, 0.29) is 5.91 Å². The van der Waals surface area contributed by atoms with Crippen LogP contribution in [0.2, 0.25) is 0 Å². The average molecular weight is 457 g/mol. The number of carboxylic acid groups (broad SMARTS) is 1. The molecule has 3 aliphatic rings. The third-order valence-electron chi connectivity index (χ3n) is 6.75. The minimum absolute atomic E-state index is 0.232. The highest BCUT2D eigenvalue weighted by atomic mass is 16.6. The second-order valence-electron chi connectivity index (χ2n) is 8.68. The molecule has 0 spiro atoms. The van der Waals surface area contributed by atoms with Crippen molar-refractivity contribution in [1.82, 2.24) is 0 Å². The summed E-state index contributed by atoms with van der Waals surface area (Å²) in [7, 11) is 0. The highest BCUT2D eigenvalue weighted by Gasteiger charge is 2.45. The quantitative estimate of drug-likeness (QED) is 0.638. The summed E-state index contributed by atoms with van der Waals surface area (Å²) >= 11 is 0. The predicted molar refractivity (Wildman–Crippen MR) is 124 cm³/mol. The number of hydrogen-bond donors (Lipinski definition) is 1. The van der Waals surface area contributed by atoms with Gasteiger partial charge in [-0.25, -0.2) is 0 Å². The van der Waals surface area contributed by atoms with Crippen LogP contribution in [0.3, 0.4) is 0 Å². The van der Waals surface area contributed by atoms with E-state index < -0.39 is 17.9 Å². The molecule has 1 amide bonds. The molecule has 172 valence electrons. The van der Waals surface area contributed by atoms with Gasteiger partial charge in [0.2, 0.25) is 0 Å². The van der Waals surface area contributed by atoms with Crippen LogP contribution in [0.5, 0.6) is 11.5 Å². The maximum Gasteiger partial charge on any atom is 0.313 e. The maximum atomic E-state index is 13.9. The Morgan fingerprint density at radius 3 is 2.59 bits per heavy atom. The van der Waals surface area contributed by atoms with Crippen molar-refractivity contribution in [2.75, 3.05) is 24.7 Å². The van der Waals surface area contributed by atoms with E-state index in [1.807, 2.05) is 24.3 Å². The monoisotopic (exact) mass is 457 g/mol. The number of fused-ring (bicyclic) bond motifs is 3. The molecule has 7 nitrogen and oxygen atoms in total. The zero-order valence-electron chi connectivity index (χ0n) is 18.4. The van der Waals surface area contributed by atoms with Gasteiger partial charge in [-0.1, -0.05) is 30.3 Å². The van der Waals surface area contributed by atoms with Gasteiger partial charge in [0.05, 0.1) is 19.3 Å². The van der Waals surface area contributed by atoms with Crippen LogP contribution in [0.15, 0.2) is 60.7 Å². The molecule has 0 aromatic heterocycles. The summed E-state index contributed by atoms with van der Waals surface area (Å²) in [5, 5.41) is 10.4. The van der Waals surface area contributed by atoms with E-state index in [4.69, 9.17) is 14.2 Å². The first-order valence-corrected chi connectivity index (χ1v) is 11.4. The van der Waals surface area contributed by atoms with Gasteiger partial charge in [-0.3, -0.25) is 14.5 Å². The van der Waals surface area contributed by atoms with Crippen molar-refractivity contribution in [1.29, 1.82) is 0 Å². The summed E-state index contributed by atoms with van der Waals surface area (Å²) in [6.07, 6.45) is 0.815. The first kappa shape index (κ1) is 20.7. The van der Waals surface area contributed by atoms with Gasteiger partial charge in [0.1, 0.15) is 19.1 Å². The molecule has 0 saturated carbocycles. The van der Waals surface area contributed by atoms with E-state index >= 15 is 0 Å². The van der Waals surface area contributed by atoms with Crippen molar-refractivity contribution in [2.24, 2.45) is 0 Å². The first-order valence-electron chi connectivity index (χ1n) is 11.4. The topological polar surface area (TPSA) is 85.3 Å². The maximum absolute atomic E-state index is 13.9. The number of anilines is 1. The third-order valence-corrected chi connectivity index (χ3v) is 6.75. The fraction of sp³-hybridized carbons (Fsp3) is 0.259. The van der Waals surface area contributed by atoms with E-state index in [0.29, 0.717) is 60.3 Å². The van der Waals surface area contributed by atoms with Crippen molar-refractivity contribution in [2.45, 2.75) is 25.0 Å². The number of amides is 1. The smallest absolute Gasteiger partial charge is 0.313 e. The Morgan fingerprint density at radius 2 is 1.74 bits per heavy atom. The van der Waals surface area contributed by atoms with Gasteiger partial charge in [0, 0.05) is 11.3 Å². The second kappa shape index (κ2) is 8.18. The molecular weight excluding hydrogens is 434 g/mol. The lowest BCUT2D eigenvalue weighted by Gasteiger charge is -2.41. The molecule has 1 N–H and O–H groups in total. The number of nitrogens with zero attached hydrogens (tertiary/aromatic N) is 1. The van der Waals surface area contributed by atoms with Crippen LogP contribution in [0.1, 0.15) is 44.6 Å². The normalized spacial score (nSPS) is 20.9. The van der Waals surface area contributed by atoms with Gasteiger partial charge in [-0.2, -0.15) is 0 Å². The fourth-order valence-corrected chi connectivity index (χ4v) is 5.17. The summed E-state index contributed by atoms with van der Waals surface area (Å²) < 4.78 is 17.1. The number of hydrogen-bond acceptors (Lipinski definition) is 5. The summed E-state index contributed by atoms with van der Waals surface area (Å²) in [5.41, 5.74) is 4.44. The van der Waals surface area contributed by atoms with Crippen LogP contribution >= 0.6 is 0 Å². The van der Waals surface area contributed by atoms with E-state index in [0.717, 1.165) is 12.0 Å². The number of ether oxygens (including phenoxy) is 3. The number of rotatable bonds is 3. The lowest BCUT2D eigenvalue weighted by molar-refractivity contribution is -0.139. The van der Waals surface area contributed by atoms with Crippen molar-refractivity contribution in [3.63, 3.8) is 0 Å². The molecule has 3 aliphatic heterocycles. The Kier molecular flexibility index (Phi) is 4.99. The molecule has 34 heavy (non-hydrogen) atoms. The fourth-order valence-electron chi connectivity index (χ4n) is 5.17. The SMILES string of the molecule is O=C(O)[C@@H]1c2ccccc2C(=O)N(c2ccc3c(c2)COCC3)[C@H]1c1ccc2c(c1)OCCO2. The third kappa shape index (κ3) is 3.31. The first-order chi connectivity index (χ1) is 16.6. The van der Waals surface area contributed by atoms with Gasteiger partial charge in [0.15, 0.2) is 11.5 Å². The lowest BCUT2D eigenvalue weighted by Crippen LogP contribution is -2.45. The molecule has 0 fully saturated rings. The van der Waals surface area contributed by atoms with Gasteiger partial charge in [0.25, 0.3) is 5.91 Å². The predicted octanol–water partition coefficient (Wildman–Crippen LogP) is 4.10. The summed E-state index contributed by atoms with van der Waals surface area (Å²) in [6, 6.07) is 17.5. The van der Waals surface area contributed by atoms with Crippen molar-refractivity contribution < 1.29 is 28.9 Å². The molecule has 3 aromatic carbocycles. The molecule has 0 aliphatic carbocycles. The Balaban J connectivity index is 1.55. The van der Waals surface area contributed by atoms with Gasteiger partial charge < -0.3 is 19.3 Å². The molecule has 2 atom stereocenters. The minimum atomic E-state index is -0.994. The molecule has 0 radical (unpaired) electrons. The highest BCUT2D eigenvalue weighted by Crippen LogP contribution is 2.47. The van der Waals surface area contributed by atoms with Crippen LogP contribution in [0, 0.1) is 0 Å². The van der Waals surface area contributed by atoms with Gasteiger partial charge in [-0.15, -0.1) is 0 Å². The number of carbonyl (C=O) groups excluding carboxylic acids is 1. The van der Waals surface area contributed by atoms with Crippen LogP contribution in [0.25, 0.3) is 0 Å². The Bertz CT molecular complexity index is 1300. The van der Waals surface area contributed by atoms with E-state index in [1.165, 1.54) is 5.56 Å².